The molecule has 0 amide bonds. The molecule has 108 valence electrons. The zero-order valence-corrected chi connectivity index (χ0v) is 12.5. The van der Waals surface area contributed by atoms with E-state index in [-0.39, 0.29) is 6.10 Å². The first-order chi connectivity index (χ1) is 9.60. The smallest absolute Gasteiger partial charge is 0.0991 e. The molecular formula is C17H24N2O. The van der Waals surface area contributed by atoms with E-state index in [4.69, 9.17) is 5.26 Å². The van der Waals surface area contributed by atoms with Crippen LogP contribution < -0.4 is 0 Å². The first kappa shape index (κ1) is 15.0. The number of likely N-dealkylation sites (tertiary alicyclic amines) is 1. The maximum Gasteiger partial charge on any atom is 0.0991 e. The highest BCUT2D eigenvalue weighted by Gasteiger charge is 2.23. The fourth-order valence-electron chi connectivity index (χ4n) is 3.09. The van der Waals surface area contributed by atoms with E-state index in [0.29, 0.717) is 6.04 Å². The summed E-state index contributed by atoms with van der Waals surface area (Å²) in [6.45, 7) is 5.98. The van der Waals surface area contributed by atoms with Gasteiger partial charge in [0, 0.05) is 12.6 Å². The standard InChI is InChI=1S/C17H24N2O/c1-13-9-15(11-18)6-7-16(13)12-19-8-4-3-5-17(19)10-14(2)20/h6-7,9,14,17,20H,3-5,8,10,12H2,1-2H3. The molecule has 2 rings (SSSR count). The van der Waals surface area contributed by atoms with Crippen molar-refractivity contribution in [3.63, 3.8) is 0 Å². The van der Waals surface area contributed by atoms with Crippen LogP contribution in [0.25, 0.3) is 0 Å². The van der Waals surface area contributed by atoms with E-state index in [2.05, 4.69) is 24.0 Å². The highest BCUT2D eigenvalue weighted by molar-refractivity contribution is 5.37. The Hall–Kier alpha value is -1.37. The van der Waals surface area contributed by atoms with Crippen molar-refractivity contribution < 1.29 is 5.11 Å². The van der Waals surface area contributed by atoms with Gasteiger partial charge >= 0.3 is 0 Å². The van der Waals surface area contributed by atoms with E-state index in [0.717, 1.165) is 25.1 Å². The van der Waals surface area contributed by atoms with Gasteiger partial charge in [0.2, 0.25) is 0 Å². The molecule has 3 nitrogen and oxygen atoms in total. The fourth-order valence-corrected chi connectivity index (χ4v) is 3.09. The Morgan fingerprint density at radius 1 is 1.45 bits per heavy atom. The second kappa shape index (κ2) is 6.88. The molecule has 1 aromatic rings. The van der Waals surface area contributed by atoms with Crippen molar-refractivity contribution >= 4 is 0 Å². The summed E-state index contributed by atoms with van der Waals surface area (Å²) in [7, 11) is 0. The van der Waals surface area contributed by atoms with Gasteiger partial charge in [-0.25, -0.2) is 0 Å². The van der Waals surface area contributed by atoms with Gasteiger partial charge in [-0.05, 0) is 62.9 Å². The Kier molecular flexibility index (Phi) is 5.17. The van der Waals surface area contributed by atoms with Gasteiger partial charge < -0.3 is 5.11 Å². The third-order valence-electron chi connectivity index (χ3n) is 4.21. The van der Waals surface area contributed by atoms with Gasteiger partial charge in [-0.2, -0.15) is 5.26 Å². The van der Waals surface area contributed by atoms with Crippen LogP contribution in [0.3, 0.4) is 0 Å². The summed E-state index contributed by atoms with van der Waals surface area (Å²) >= 11 is 0. The lowest BCUT2D eigenvalue weighted by atomic mass is 9.95. The predicted octanol–water partition coefficient (Wildman–Crippen LogP) is 2.99. The van der Waals surface area contributed by atoms with Gasteiger partial charge in [0.05, 0.1) is 17.7 Å². The normalized spacial score (nSPS) is 21.4. The molecule has 1 heterocycles. The lowest BCUT2D eigenvalue weighted by Crippen LogP contribution is -2.40. The van der Waals surface area contributed by atoms with Crippen LogP contribution in [0, 0.1) is 18.3 Å². The van der Waals surface area contributed by atoms with Crippen molar-refractivity contribution in [1.82, 2.24) is 4.90 Å². The molecular weight excluding hydrogens is 248 g/mol. The predicted molar refractivity (Wildman–Crippen MR) is 80.2 cm³/mol. The van der Waals surface area contributed by atoms with Crippen molar-refractivity contribution in [3.05, 3.63) is 34.9 Å². The molecule has 20 heavy (non-hydrogen) atoms. The highest BCUT2D eigenvalue weighted by Crippen LogP contribution is 2.24. The molecule has 1 fully saturated rings. The number of hydrogen-bond donors (Lipinski definition) is 1. The minimum atomic E-state index is -0.234. The summed E-state index contributed by atoms with van der Waals surface area (Å²) in [6, 6.07) is 8.60. The molecule has 0 aliphatic carbocycles. The quantitative estimate of drug-likeness (QED) is 0.916. The second-order valence-corrected chi connectivity index (χ2v) is 5.96. The number of nitriles is 1. The molecule has 0 saturated carbocycles. The molecule has 1 N–H and O–H groups in total. The topological polar surface area (TPSA) is 47.3 Å². The summed E-state index contributed by atoms with van der Waals surface area (Å²) < 4.78 is 0. The van der Waals surface area contributed by atoms with Crippen LogP contribution in [0.4, 0.5) is 0 Å². The van der Waals surface area contributed by atoms with Crippen LogP contribution in [0.1, 0.15) is 49.3 Å². The largest absolute Gasteiger partial charge is 0.393 e. The van der Waals surface area contributed by atoms with Crippen LogP contribution in [-0.4, -0.2) is 28.7 Å². The molecule has 0 bridgehead atoms. The monoisotopic (exact) mass is 272 g/mol. The van der Waals surface area contributed by atoms with Crippen LogP contribution in [0.5, 0.6) is 0 Å². The van der Waals surface area contributed by atoms with E-state index in [1.807, 2.05) is 19.1 Å². The van der Waals surface area contributed by atoms with Gasteiger partial charge in [0.15, 0.2) is 0 Å². The van der Waals surface area contributed by atoms with Gasteiger partial charge in [0.25, 0.3) is 0 Å². The zero-order chi connectivity index (χ0) is 14.5. The summed E-state index contributed by atoms with van der Waals surface area (Å²) in [5.74, 6) is 0. The second-order valence-electron chi connectivity index (χ2n) is 5.96. The number of nitrogens with zero attached hydrogens (tertiary/aromatic N) is 2. The fraction of sp³-hybridized carbons (Fsp3) is 0.588. The Balaban J connectivity index is 2.08. The Bertz CT molecular complexity index is 490. The molecule has 0 aromatic heterocycles. The average Bonchev–Trinajstić information content (AvgIpc) is 2.42. The van der Waals surface area contributed by atoms with Crippen molar-refractivity contribution in [2.45, 2.75) is 58.2 Å². The number of piperidine rings is 1. The first-order valence-corrected chi connectivity index (χ1v) is 7.52. The summed E-state index contributed by atoms with van der Waals surface area (Å²) in [4.78, 5) is 2.49. The average molecular weight is 272 g/mol. The van der Waals surface area contributed by atoms with Gasteiger partial charge in [-0.15, -0.1) is 0 Å². The molecule has 1 aromatic carbocycles. The molecule has 2 atom stereocenters. The molecule has 3 heteroatoms. The lowest BCUT2D eigenvalue weighted by Gasteiger charge is -2.36. The van der Waals surface area contributed by atoms with Crippen molar-refractivity contribution in [3.8, 4) is 6.07 Å². The molecule has 2 unspecified atom stereocenters. The van der Waals surface area contributed by atoms with E-state index in [9.17, 15) is 5.11 Å². The van der Waals surface area contributed by atoms with Gasteiger partial charge in [-0.3, -0.25) is 4.90 Å². The van der Waals surface area contributed by atoms with Gasteiger partial charge in [-0.1, -0.05) is 12.5 Å². The lowest BCUT2D eigenvalue weighted by molar-refractivity contribution is 0.0816. The van der Waals surface area contributed by atoms with E-state index in [1.54, 1.807) is 0 Å². The van der Waals surface area contributed by atoms with E-state index in [1.165, 1.54) is 30.4 Å². The number of aryl methyl sites for hydroxylation is 1. The summed E-state index contributed by atoms with van der Waals surface area (Å²) in [5.41, 5.74) is 3.21. The molecule has 1 saturated heterocycles. The van der Waals surface area contributed by atoms with Crippen molar-refractivity contribution in [2.75, 3.05) is 6.54 Å². The summed E-state index contributed by atoms with van der Waals surface area (Å²) in [6.07, 6.45) is 4.31. The van der Waals surface area contributed by atoms with Crippen molar-refractivity contribution in [1.29, 1.82) is 5.26 Å². The van der Waals surface area contributed by atoms with Gasteiger partial charge in [0.1, 0.15) is 0 Å². The van der Waals surface area contributed by atoms with Crippen LogP contribution in [-0.2, 0) is 6.54 Å². The Morgan fingerprint density at radius 2 is 2.25 bits per heavy atom. The minimum Gasteiger partial charge on any atom is -0.393 e. The minimum absolute atomic E-state index is 0.234. The van der Waals surface area contributed by atoms with E-state index < -0.39 is 0 Å². The summed E-state index contributed by atoms with van der Waals surface area (Å²) in [5, 5.41) is 18.6. The maximum atomic E-state index is 9.65. The Morgan fingerprint density at radius 3 is 2.90 bits per heavy atom. The maximum absolute atomic E-state index is 9.65. The number of hydrogen-bond acceptors (Lipinski definition) is 3. The molecule has 0 spiro atoms. The third kappa shape index (κ3) is 3.82. The molecule has 1 aliphatic heterocycles. The molecule has 1 aliphatic rings. The Labute approximate surface area is 121 Å². The molecule has 0 radical (unpaired) electrons. The third-order valence-corrected chi connectivity index (χ3v) is 4.21. The van der Waals surface area contributed by atoms with E-state index >= 15 is 0 Å². The number of aliphatic hydroxyl groups excluding tert-OH is 1. The van der Waals surface area contributed by atoms with Crippen LogP contribution in [0.15, 0.2) is 18.2 Å². The number of aliphatic hydroxyl groups is 1. The first-order valence-electron chi connectivity index (χ1n) is 7.52. The SMILES string of the molecule is Cc1cc(C#N)ccc1CN1CCCCC1CC(C)O. The number of benzene rings is 1. The van der Waals surface area contributed by atoms with Crippen LogP contribution >= 0.6 is 0 Å². The highest BCUT2D eigenvalue weighted by atomic mass is 16.3. The zero-order valence-electron chi connectivity index (χ0n) is 12.5. The van der Waals surface area contributed by atoms with Crippen LogP contribution in [0.2, 0.25) is 0 Å². The van der Waals surface area contributed by atoms with Crippen molar-refractivity contribution in [2.24, 2.45) is 0 Å². The number of rotatable bonds is 4.